The van der Waals surface area contributed by atoms with Crippen LogP contribution < -0.4 is 5.73 Å². The minimum Gasteiger partial charge on any atom is -0.480 e. The van der Waals surface area contributed by atoms with E-state index in [1.54, 1.807) is 0 Å². The summed E-state index contributed by atoms with van der Waals surface area (Å²) in [5, 5.41) is 8.90. The Kier molecular flexibility index (Phi) is 3.40. The molecule has 70 valence electrons. The molecule has 2 atom stereocenters. The van der Waals surface area contributed by atoms with Crippen molar-refractivity contribution in [3.05, 3.63) is 0 Å². The van der Waals surface area contributed by atoms with E-state index in [2.05, 4.69) is 0 Å². The molecule has 3 N–H and O–H groups in total. The zero-order valence-electron chi connectivity index (χ0n) is 7.19. The molecule has 1 saturated carbocycles. The van der Waals surface area contributed by atoms with Crippen molar-refractivity contribution in [3.8, 4) is 0 Å². The number of nitrogens with two attached hydrogens (primary N) is 1. The zero-order valence-corrected chi connectivity index (χ0v) is 8.01. The summed E-state index contributed by atoms with van der Waals surface area (Å²) in [4.78, 5) is 10.8. The van der Waals surface area contributed by atoms with Gasteiger partial charge in [-0.05, 0) is 18.8 Å². The van der Waals surface area contributed by atoms with Crippen molar-refractivity contribution in [2.75, 3.05) is 6.54 Å². The Hall–Kier alpha value is -0.220. The summed E-state index contributed by atoms with van der Waals surface area (Å²) in [6.07, 6.45) is 2.14. The van der Waals surface area contributed by atoms with E-state index in [0.717, 1.165) is 12.8 Å². The largest absolute Gasteiger partial charge is 0.480 e. The van der Waals surface area contributed by atoms with E-state index in [0.29, 0.717) is 12.5 Å². The van der Waals surface area contributed by atoms with Gasteiger partial charge in [-0.1, -0.05) is 6.92 Å². The fourth-order valence-corrected chi connectivity index (χ4v) is 2.30. The van der Waals surface area contributed by atoms with Crippen LogP contribution in [0.4, 0.5) is 0 Å². The monoisotopic (exact) mass is 189 g/mol. The second kappa shape index (κ2) is 4.14. The summed E-state index contributed by atoms with van der Waals surface area (Å²) in [7, 11) is 0. The zero-order chi connectivity index (χ0) is 9.14. The average molecular weight is 189 g/mol. The van der Waals surface area contributed by atoms with Gasteiger partial charge in [-0.3, -0.25) is 4.79 Å². The van der Waals surface area contributed by atoms with Crippen LogP contribution in [0.3, 0.4) is 0 Å². The highest BCUT2D eigenvalue weighted by molar-refractivity contribution is 8.01. The average Bonchev–Trinajstić information content (AvgIpc) is 2.81. The maximum absolute atomic E-state index is 10.8. The van der Waals surface area contributed by atoms with Crippen molar-refractivity contribution in [1.29, 1.82) is 0 Å². The van der Waals surface area contributed by atoms with Gasteiger partial charge in [0.15, 0.2) is 0 Å². The van der Waals surface area contributed by atoms with Crippen molar-refractivity contribution in [1.82, 2.24) is 0 Å². The number of rotatable bonds is 5. The van der Waals surface area contributed by atoms with Gasteiger partial charge in [0.25, 0.3) is 0 Å². The molecule has 1 aliphatic carbocycles. The molecular formula is C8H15NO2S. The lowest BCUT2D eigenvalue weighted by Gasteiger charge is -2.14. The second-order valence-electron chi connectivity index (χ2n) is 3.28. The number of carboxylic acid groups (broad SMARTS) is 1. The molecule has 0 heterocycles. The SMILES string of the molecule is CC(CN)SC(C(=O)O)C1CC1. The van der Waals surface area contributed by atoms with Crippen LogP contribution in [0.2, 0.25) is 0 Å². The molecule has 3 nitrogen and oxygen atoms in total. The van der Waals surface area contributed by atoms with E-state index < -0.39 is 5.97 Å². The molecule has 1 aliphatic rings. The molecule has 0 aromatic carbocycles. The number of carboxylic acids is 1. The summed E-state index contributed by atoms with van der Waals surface area (Å²) in [5.74, 6) is -0.274. The van der Waals surface area contributed by atoms with Gasteiger partial charge in [-0.15, -0.1) is 11.8 Å². The molecule has 1 rings (SSSR count). The Morgan fingerprint density at radius 3 is 2.67 bits per heavy atom. The summed E-state index contributed by atoms with van der Waals surface area (Å²) >= 11 is 1.50. The third-order valence-corrected chi connectivity index (χ3v) is 3.54. The lowest BCUT2D eigenvalue weighted by Crippen LogP contribution is -2.24. The number of aliphatic carboxylic acids is 1. The topological polar surface area (TPSA) is 63.3 Å². The molecule has 0 aliphatic heterocycles. The molecule has 0 aromatic heterocycles. The van der Waals surface area contributed by atoms with Crippen LogP contribution in [0, 0.1) is 5.92 Å². The van der Waals surface area contributed by atoms with E-state index >= 15 is 0 Å². The maximum atomic E-state index is 10.8. The predicted octanol–water partition coefficient (Wildman–Crippen LogP) is 0.930. The van der Waals surface area contributed by atoms with Crippen molar-refractivity contribution < 1.29 is 9.90 Å². The molecular weight excluding hydrogens is 174 g/mol. The van der Waals surface area contributed by atoms with E-state index in [9.17, 15) is 4.79 Å². The molecule has 0 amide bonds. The van der Waals surface area contributed by atoms with Gasteiger partial charge in [-0.2, -0.15) is 0 Å². The number of hydrogen-bond donors (Lipinski definition) is 2. The quantitative estimate of drug-likeness (QED) is 0.675. The molecule has 0 spiro atoms. The highest BCUT2D eigenvalue weighted by atomic mass is 32.2. The molecule has 2 unspecified atom stereocenters. The fourth-order valence-electron chi connectivity index (χ4n) is 1.08. The molecule has 0 saturated heterocycles. The Labute approximate surface area is 76.7 Å². The van der Waals surface area contributed by atoms with Crippen LogP contribution in [0.5, 0.6) is 0 Å². The first-order chi connectivity index (χ1) is 5.65. The van der Waals surface area contributed by atoms with Crippen LogP contribution >= 0.6 is 11.8 Å². The third kappa shape index (κ3) is 2.68. The Morgan fingerprint density at radius 2 is 2.33 bits per heavy atom. The van der Waals surface area contributed by atoms with E-state index in [-0.39, 0.29) is 10.5 Å². The van der Waals surface area contributed by atoms with Crippen LogP contribution in [0.15, 0.2) is 0 Å². The first-order valence-corrected chi connectivity index (χ1v) is 5.17. The normalized spacial score (nSPS) is 21.8. The van der Waals surface area contributed by atoms with E-state index in [4.69, 9.17) is 10.8 Å². The van der Waals surface area contributed by atoms with Gasteiger partial charge < -0.3 is 10.8 Å². The van der Waals surface area contributed by atoms with E-state index in [1.807, 2.05) is 6.92 Å². The van der Waals surface area contributed by atoms with E-state index in [1.165, 1.54) is 11.8 Å². The number of thioether (sulfide) groups is 1. The summed E-state index contributed by atoms with van der Waals surface area (Å²) in [6.45, 7) is 2.53. The summed E-state index contributed by atoms with van der Waals surface area (Å²) in [6, 6.07) is 0. The lowest BCUT2D eigenvalue weighted by atomic mass is 10.3. The van der Waals surface area contributed by atoms with Gasteiger partial charge >= 0.3 is 5.97 Å². The molecule has 0 aromatic rings. The molecule has 4 heteroatoms. The summed E-state index contributed by atoms with van der Waals surface area (Å²) in [5.41, 5.74) is 5.43. The second-order valence-corrected chi connectivity index (χ2v) is 4.86. The van der Waals surface area contributed by atoms with Crippen molar-refractivity contribution in [2.24, 2.45) is 11.7 Å². The van der Waals surface area contributed by atoms with Crippen LogP contribution in [0.1, 0.15) is 19.8 Å². The van der Waals surface area contributed by atoms with Gasteiger partial charge in [-0.25, -0.2) is 0 Å². The summed E-state index contributed by atoms with van der Waals surface area (Å²) < 4.78 is 0. The van der Waals surface area contributed by atoms with Gasteiger partial charge in [0, 0.05) is 11.8 Å². The third-order valence-electron chi connectivity index (χ3n) is 2.00. The predicted molar refractivity (Wildman–Crippen MR) is 50.3 cm³/mol. The first kappa shape index (κ1) is 9.86. The van der Waals surface area contributed by atoms with Crippen LogP contribution in [0.25, 0.3) is 0 Å². The van der Waals surface area contributed by atoms with Gasteiger partial charge in [0.05, 0.1) is 0 Å². The first-order valence-electron chi connectivity index (χ1n) is 4.23. The Morgan fingerprint density at radius 1 is 1.75 bits per heavy atom. The standard InChI is InChI=1S/C8H15NO2S/c1-5(4-9)12-7(8(10)11)6-2-3-6/h5-7H,2-4,9H2,1H3,(H,10,11). The van der Waals surface area contributed by atoms with Gasteiger partial charge in [0.2, 0.25) is 0 Å². The lowest BCUT2D eigenvalue weighted by molar-refractivity contribution is -0.136. The fraction of sp³-hybridized carbons (Fsp3) is 0.875. The molecule has 1 fully saturated rings. The number of carbonyl (C=O) groups is 1. The van der Waals surface area contributed by atoms with Crippen LogP contribution in [-0.4, -0.2) is 28.1 Å². The molecule has 0 bridgehead atoms. The van der Waals surface area contributed by atoms with Crippen LogP contribution in [-0.2, 0) is 4.79 Å². The van der Waals surface area contributed by atoms with Gasteiger partial charge in [0.1, 0.15) is 5.25 Å². The minimum atomic E-state index is -0.678. The number of hydrogen-bond acceptors (Lipinski definition) is 3. The Bertz CT molecular complexity index is 170. The van der Waals surface area contributed by atoms with Crippen molar-refractivity contribution in [3.63, 3.8) is 0 Å². The highest BCUT2D eigenvalue weighted by Gasteiger charge is 2.37. The molecule has 12 heavy (non-hydrogen) atoms. The smallest absolute Gasteiger partial charge is 0.316 e. The van der Waals surface area contributed by atoms with Crippen molar-refractivity contribution >= 4 is 17.7 Å². The highest BCUT2D eigenvalue weighted by Crippen LogP contribution is 2.40. The Balaban J connectivity index is 2.37. The van der Waals surface area contributed by atoms with Crippen molar-refractivity contribution in [2.45, 2.75) is 30.3 Å². The molecule has 0 radical (unpaired) electrons. The maximum Gasteiger partial charge on any atom is 0.316 e. The minimum absolute atomic E-state index is 0.219.